The number of rotatable bonds is 3. The summed E-state index contributed by atoms with van der Waals surface area (Å²) in [5, 5.41) is 0.535. The Morgan fingerprint density at radius 1 is 1.24 bits per heavy atom. The number of halogens is 1. The molecule has 2 aromatic heterocycles. The largest absolute Gasteiger partial charge is 0.261 e. The minimum absolute atomic E-state index is 0.535. The summed E-state index contributed by atoms with van der Waals surface area (Å²) in [6.07, 6.45) is 4.86. The third-order valence-electron chi connectivity index (χ3n) is 2.82. The van der Waals surface area contributed by atoms with Crippen molar-refractivity contribution >= 4 is 11.6 Å². The van der Waals surface area contributed by atoms with E-state index in [1.165, 1.54) is 12.8 Å². The Labute approximate surface area is 105 Å². The van der Waals surface area contributed by atoms with E-state index in [9.17, 15) is 0 Å². The highest BCUT2D eigenvalue weighted by atomic mass is 35.5. The Morgan fingerprint density at radius 2 is 2.12 bits per heavy atom. The van der Waals surface area contributed by atoms with Gasteiger partial charge in [-0.25, -0.2) is 9.97 Å². The van der Waals surface area contributed by atoms with Gasteiger partial charge in [0.05, 0.1) is 6.42 Å². The zero-order valence-corrected chi connectivity index (χ0v) is 10.1. The molecule has 0 N–H and O–H groups in total. The normalized spacial score (nSPS) is 14.9. The van der Waals surface area contributed by atoms with Crippen molar-refractivity contribution in [3.05, 3.63) is 52.8 Å². The lowest BCUT2D eigenvalue weighted by molar-refractivity contribution is 0.884. The second-order valence-corrected chi connectivity index (χ2v) is 4.69. The van der Waals surface area contributed by atoms with Gasteiger partial charge < -0.3 is 0 Å². The average Bonchev–Trinajstić information content (AvgIpc) is 3.13. The van der Waals surface area contributed by atoms with Gasteiger partial charge in [0.1, 0.15) is 11.0 Å². The van der Waals surface area contributed by atoms with Crippen molar-refractivity contribution in [2.24, 2.45) is 0 Å². The standard InChI is InChI=1S/C13H12ClN3/c14-12-8-11(9-4-5-9)16-13(17-12)7-10-3-1-2-6-15-10/h1-3,6,8-9H,4-5,7H2. The summed E-state index contributed by atoms with van der Waals surface area (Å²) in [5.41, 5.74) is 2.05. The van der Waals surface area contributed by atoms with E-state index in [-0.39, 0.29) is 0 Å². The van der Waals surface area contributed by atoms with Crippen molar-refractivity contribution in [2.45, 2.75) is 25.2 Å². The van der Waals surface area contributed by atoms with Crippen LogP contribution in [0.5, 0.6) is 0 Å². The van der Waals surface area contributed by atoms with E-state index in [1.807, 2.05) is 24.3 Å². The minimum Gasteiger partial charge on any atom is -0.261 e. The minimum atomic E-state index is 0.535. The molecule has 0 bridgehead atoms. The molecule has 0 amide bonds. The second-order valence-electron chi connectivity index (χ2n) is 4.30. The highest BCUT2D eigenvalue weighted by Gasteiger charge is 2.25. The number of nitrogens with zero attached hydrogens (tertiary/aromatic N) is 3. The molecule has 1 aliphatic carbocycles. The molecule has 3 rings (SSSR count). The molecule has 0 aliphatic heterocycles. The van der Waals surface area contributed by atoms with Gasteiger partial charge >= 0.3 is 0 Å². The number of hydrogen-bond donors (Lipinski definition) is 0. The van der Waals surface area contributed by atoms with Crippen LogP contribution < -0.4 is 0 Å². The van der Waals surface area contributed by atoms with Crippen LogP contribution in [-0.4, -0.2) is 15.0 Å². The van der Waals surface area contributed by atoms with Crippen LogP contribution >= 0.6 is 11.6 Å². The maximum absolute atomic E-state index is 6.02. The maximum atomic E-state index is 6.02. The van der Waals surface area contributed by atoms with Gasteiger partial charge in [-0.2, -0.15) is 0 Å². The average molecular weight is 246 g/mol. The van der Waals surface area contributed by atoms with E-state index in [1.54, 1.807) is 6.20 Å². The van der Waals surface area contributed by atoms with Crippen molar-refractivity contribution in [2.75, 3.05) is 0 Å². The smallest absolute Gasteiger partial charge is 0.136 e. The number of pyridine rings is 1. The molecule has 2 heterocycles. The predicted molar refractivity (Wildman–Crippen MR) is 66.1 cm³/mol. The third kappa shape index (κ3) is 2.61. The quantitative estimate of drug-likeness (QED) is 0.781. The van der Waals surface area contributed by atoms with Crippen molar-refractivity contribution in [1.29, 1.82) is 0 Å². The highest BCUT2D eigenvalue weighted by Crippen LogP contribution is 2.39. The summed E-state index contributed by atoms with van der Waals surface area (Å²) >= 11 is 6.02. The van der Waals surface area contributed by atoms with Gasteiger partial charge in [0.15, 0.2) is 0 Å². The maximum Gasteiger partial charge on any atom is 0.136 e. The van der Waals surface area contributed by atoms with Crippen LogP contribution in [0.4, 0.5) is 0 Å². The first-order valence-corrected chi connectivity index (χ1v) is 6.12. The van der Waals surface area contributed by atoms with E-state index in [2.05, 4.69) is 15.0 Å². The van der Waals surface area contributed by atoms with E-state index in [0.29, 0.717) is 17.5 Å². The number of aromatic nitrogens is 3. The fourth-order valence-corrected chi connectivity index (χ4v) is 2.03. The summed E-state index contributed by atoms with van der Waals surface area (Å²) in [6, 6.07) is 7.72. The Hall–Kier alpha value is -1.48. The fourth-order valence-electron chi connectivity index (χ4n) is 1.82. The van der Waals surface area contributed by atoms with Crippen LogP contribution in [0.3, 0.4) is 0 Å². The lowest BCUT2D eigenvalue weighted by Gasteiger charge is -2.03. The van der Waals surface area contributed by atoms with Crippen LogP contribution in [0.1, 0.15) is 36.0 Å². The molecule has 0 unspecified atom stereocenters. The zero-order valence-electron chi connectivity index (χ0n) is 9.31. The molecule has 2 aromatic rings. The van der Waals surface area contributed by atoms with Crippen molar-refractivity contribution in [3.8, 4) is 0 Å². The van der Waals surface area contributed by atoms with Crippen LogP contribution in [0.15, 0.2) is 30.5 Å². The third-order valence-corrected chi connectivity index (χ3v) is 3.02. The molecular formula is C13H12ClN3. The van der Waals surface area contributed by atoms with E-state index in [0.717, 1.165) is 17.2 Å². The lowest BCUT2D eigenvalue weighted by atomic mass is 10.2. The summed E-state index contributed by atoms with van der Waals surface area (Å²) in [5.74, 6) is 1.36. The summed E-state index contributed by atoms with van der Waals surface area (Å²) in [6.45, 7) is 0. The van der Waals surface area contributed by atoms with Gasteiger partial charge in [0.25, 0.3) is 0 Å². The molecule has 0 radical (unpaired) electrons. The highest BCUT2D eigenvalue weighted by molar-refractivity contribution is 6.29. The first-order chi connectivity index (χ1) is 8.31. The topological polar surface area (TPSA) is 38.7 Å². The molecule has 1 saturated carbocycles. The van der Waals surface area contributed by atoms with Crippen molar-refractivity contribution in [3.63, 3.8) is 0 Å². The molecule has 0 spiro atoms. The molecule has 86 valence electrons. The molecule has 0 atom stereocenters. The van der Waals surface area contributed by atoms with Crippen LogP contribution in [0.25, 0.3) is 0 Å². The Balaban J connectivity index is 1.87. The van der Waals surface area contributed by atoms with Gasteiger partial charge in [-0.05, 0) is 31.0 Å². The molecular weight excluding hydrogens is 234 g/mol. The van der Waals surface area contributed by atoms with Crippen molar-refractivity contribution in [1.82, 2.24) is 15.0 Å². The fraction of sp³-hybridized carbons (Fsp3) is 0.308. The predicted octanol–water partition coefficient (Wildman–Crippen LogP) is 2.99. The summed E-state index contributed by atoms with van der Waals surface area (Å²) in [7, 11) is 0. The SMILES string of the molecule is Clc1cc(C2CC2)nc(Cc2ccccn2)n1. The number of hydrogen-bond acceptors (Lipinski definition) is 3. The molecule has 0 saturated heterocycles. The summed E-state index contributed by atoms with van der Waals surface area (Å²) in [4.78, 5) is 13.1. The molecule has 17 heavy (non-hydrogen) atoms. The molecule has 3 nitrogen and oxygen atoms in total. The Kier molecular flexibility index (Phi) is 2.77. The summed E-state index contributed by atoms with van der Waals surface area (Å²) < 4.78 is 0. The van der Waals surface area contributed by atoms with Gasteiger partial charge in [-0.1, -0.05) is 17.7 Å². The molecule has 1 fully saturated rings. The molecule has 0 aromatic carbocycles. The van der Waals surface area contributed by atoms with Gasteiger partial charge in [-0.15, -0.1) is 0 Å². The monoisotopic (exact) mass is 245 g/mol. The van der Waals surface area contributed by atoms with Gasteiger partial charge in [-0.3, -0.25) is 4.98 Å². The molecule has 4 heteroatoms. The van der Waals surface area contributed by atoms with Crippen LogP contribution in [0, 0.1) is 0 Å². The first-order valence-electron chi connectivity index (χ1n) is 5.74. The molecule has 1 aliphatic rings. The van der Waals surface area contributed by atoms with Gasteiger partial charge in [0, 0.05) is 23.5 Å². The van der Waals surface area contributed by atoms with Crippen LogP contribution in [0.2, 0.25) is 5.15 Å². The lowest BCUT2D eigenvalue weighted by Crippen LogP contribution is -2.01. The van der Waals surface area contributed by atoms with E-state index >= 15 is 0 Å². The Bertz CT molecular complexity index is 523. The first kappa shape index (κ1) is 10.7. The zero-order chi connectivity index (χ0) is 11.7. The van der Waals surface area contributed by atoms with E-state index < -0.39 is 0 Å². The van der Waals surface area contributed by atoms with Crippen molar-refractivity contribution < 1.29 is 0 Å². The van der Waals surface area contributed by atoms with E-state index in [4.69, 9.17) is 11.6 Å². The van der Waals surface area contributed by atoms with Crippen LogP contribution in [-0.2, 0) is 6.42 Å². The van der Waals surface area contributed by atoms with Gasteiger partial charge in [0.2, 0.25) is 0 Å². The second kappa shape index (κ2) is 4.41. The Morgan fingerprint density at radius 3 is 2.82 bits per heavy atom.